The van der Waals surface area contributed by atoms with E-state index in [0.717, 1.165) is 35.0 Å². The van der Waals surface area contributed by atoms with Crippen LogP contribution in [0.1, 0.15) is 36.3 Å². The van der Waals surface area contributed by atoms with Crippen molar-refractivity contribution in [2.24, 2.45) is 0 Å². The number of nitrogens with zero attached hydrogens (tertiary/aromatic N) is 2. The van der Waals surface area contributed by atoms with E-state index in [9.17, 15) is 9.18 Å². The molecule has 142 valence electrons. The molecule has 0 radical (unpaired) electrons. The zero-order chi connectivity index (χ0) is 19.0. The fourth-order valence-corrected chi connectivity index (χ4v) is 5.17. The van der Waals surface area contributed by atoms with E-state index in [1.54, 1.807) is 28.3 Å². The highest BCUT2D eigenvalue weighted by Gasteiger charge is 2.25. The van der Waals surface area contributed by atoms with E-state index in [1.165, 1.54) is 22.6 Å². The van der Waals surface area contributed by atoms with Crippen LogP contribution in [0.15, 0.2) is 35.4 Å². The van der Waals surface area contributed by atoms with E-state index in [4.69, 9.17) is 0 Å². The number of hydrogen-bond acceptors (Lipinski definition) is 4. The summed E-state index contributed by atoms with van der Waals surface area (Å²) in [4.78, 5) is 19.7. The van der Waals surface area contributed by atoms with Gasteiger partial charge >= 0.3 is 0 Å². The van der Waals surface area contributed by atoms with E-state index in [0.29, 0.717) is 25.0 Å². The lowest BCUT2D eigenvalue weighted by Gasteiger charge is -2.25. The monoisotopic (exact) mass is 385 g/mol. The predicted octanol–water partition coefficient (Wildman–Crippen LogP) is 3.70. The van der Waals surface area contributed by atoms with E-state index in [-0.39, 0.29) is 11.4 Å². The van der Waals surface area contributed by atoms with Crippen molar-refractivity contribution in [1.29, 1.82) is 0 Å². The molecule has 0 unspecified atom stereocenters. The fourth-order valence-electron chi connectivity index (χ4n) is 3.92. The van der Waals surface area contributed by atoms with Crippen LogP contribution in [-0.2, 0) is 25.8 Å². The van der Waals surface area contributed by atoms with Crippen molar-refractivity contribution in [2.75, 3.05) is 0 Å². The summed E-state index contributed by atoms with van der Waals surface area (Å²) >= 11 is 1.66. The van der Waals surface area contributed by atoms with Gasteiger partial charge in [0.15, 0.2) is 0 Å². The summed E-state index contributed by atoms with van der Waals surface area (Å²) in [5.74, 6) is -0.245. The quantitative estimate of drug-likeness (QED) is 0.729. The molecule has 1 N–H and O–H groups in total. The average molecular weight is 386 g/mol. The summed E-state index contributed by atoms with van der Waals surface area (Å²) in [5, 5.41) is 4.40. The van der Waals surface area contributed by atoms with Crippen LogP contribution < -0.4 is 10.9 Å². The SMILES string of the molecule is CC(C)N[C@H]1CCc2c(sc3ncn(CCc4cccc(F)c4)c(=O)c23)C1. The Morgan fingerprint density at radius 2 is 2.26 bits per heavy atom. The Kier molecular flexibility index (Phi) is 5.10. The number of hydrogen-bond donors (Lipinski definition) is 1. The molecule has 2 aromatic heterocycles. The van der Waals surface area contributed by atoms with Gasteiger partial charge in [0, 0.05) is 23.5 Å². The molecule has 4 rings (SSSR count). The lowest BCUT2D eigenvalue weighted by molar-refractivity contribution is 0.425. The van der Waals surface area contributed by atoms with Crippen molar-refractivity contribution >= 4 is 21.6 Å². The molecule has 2 heterocycles. The highest BCUT2D eigenvalue weighted by Crippen LogP contribution is 2.33. The lowest BCUT2D eigenvalue weighted by Crippen LogP contribution is -2.38. The Morgan fingerprint density at radius 1 is 1.41 bits per heavy atom. The first-order chi connectivity index (χ1) is 13.0. The summed E-state index contributed by atoms with van der Waals surface area (Å²) in [5.41, 5.74) is 2.11. The number of benzene rings is 1. The fraction of sp³-hybridized carbons (Fsp3) is 0.429. The summed E-state index contributed by atoms with van der Waals surface area (Å²) in [7, 11) is 0. The van der Waals surface area contributed by atoms with Crippen molar-refractivity contribution in [2.45, 2.75) is 58.2 Å². The number of rotatable bonds is 5. The van der Waals surface area contributed by atoms with Crippen LogP contribution >= 0.6 is 11.3 Å². The third-order valence-corrected chi connectivity index (χ3v) is 6.30. The maximum absolute atomic E-state index is 13.4. The Morgan fingerprint density at radius 3 is 3.04 bits per heavy atom. The largest absolute Gasteiger partial charge is 0.311 e. The second kappa shape index (κ2) is 7.52. The molecule has 1 aliphatic rings. The van der Waals surface area contributed by atoms with E-state index in [2.05, 4.69) is 24.1 Å². The number of aromatic nitrogens is 2. The first-order valence-corrected chi connectivity index (χ1v) is 10.3. The van der Waals surface area contributed by atoms with E-state index < -0.39 is 0 Å². The molecule has 0 fully saturated rings. The van der Waals surface area contributed by atoms with Crippen LogP contribution in [0.3, 0.4) is 0 Å². The van der Waals surface area contributed by atoms with Gasteiger partial charge < -0.3 is 5.32 Å². The number of nitrogens with one attached hydrogen (secondary N) is 1. The van der Waals surface area contributed by atoms with Gasteiger partial charge in [0.1, 0.15) is 10.6 Å². The van der Waals surface area contributed by atoms with Gasteiger partial charge in [-0.1, -0.05) is 26.0 Å². The number of halogens is 1. The zero-order valence-electron chi connectivity index (χ0n) is 15.7. The minimum absolute atomic E-state index is 0.0316. The maximum Gasteiger partial charge on any atom is 0.262 e. The molecule has 1 aromatic carbocycles. The van der Waals surface area contributed by atoms with Gasteiger partial charge in [0.05, 0.1) is 11.7 Å². The van der Waals surface area contributed by atoms with Gasteiger partial charge in [-0.05, 0) is 48.9 Å². The second-order valence-corrected chi connectivity index (χ2v) is 8.65. The Hall–Kier alpha value is -2.05. The molecule has 1 aliphatic carbocycles. The van der Waals surface area contributed by atoms with Gasteiger partial charge in [-0.25, -0.2) is 9.37 Å². The van der Waals surface area contributed by atoms with Crippen LogP contribution in [-0.4, -0.2) is 21.6 Å². The van der Waals surface area contributed by atoms with Crippen LogP contribution in [0.2, 0.25) is 0 Å². The van der Waals surface area contributed by atoms with Crippen molar-refractivity contribution in [3.63, 3.8) is 0 Å². The second-order valence-electron chi connectivity index (χ2n) is 7.57. The molecule has 0 saturated heterocycles. The number of fused-ring (bicyclic) bond motifs is 3. The minimum atomic E-state index is -0.245. The van der Waals surface area contributed by atoms with Gasteiger partial charge in [0.25, 0.3) is 5.56 Å². The molecule has 27 heavy (non-hydrogen) atoms. The number of thiophene rings is 1. The maximum atomic E-state index is 13.4. The van der Waals surface area contributed by atoms with Gasteiger partial charge in [-0.15, -0.1) is 11.3 Å². The Labute approximate surface area is 162 Å². The smallest absolute Gasteiger partial charge is 0.262 e. The standard InChI is InChI=1S/C21H24FN3OS/c1-13(2)24-16-6-7-17-18(11-16)27-20-19(17)21(26)25(12-23-20)9-8-14-4-3-5-15(22)10-14/h3-5,10,12-13,16,24H,6-9,11H2,1-2H3/t16-/m0/s1. The van der Waals surface area contributed by atoms with Crippen molar-refractivity contribution in [3.05, 3.63) is 62.8 Å². The van der Waals surface area contributed by atoms with Gasteiger partial charge in [0.2, 0.25) is 0 Å². The topological polar surface area (TPSA) is 46.9 Å². The normalized spacial score (nSPS) is 16.8. The summed E-state index contributed by atoms with van der Waals surface area (Å²) in [6, 6.07) is 7.47. The zero-order valence-corrected chi connectivity index (χ0v) is 16.5. The van der Waals surface area contributed by atoms with Crippen LogP contribution in [0, 0.1) is 5.82 Å². The molecular formula is C21H24FN3OS. The highest BCUT2D eigenvalue weighted by atomic mass is 32.1. The molecule has 1 atom stereocenters. The van der Waals surface area contributed by atoms with Gasteiger partial charge in [-0.3, -0.25) is 9.36 Å². The molecule has 3 aromatic rings. The van der Waals surface area contributed by atoms with E-state index >= 15 is 0 Å². The molecule has 0 spiro atoms. The van der Waals surface area contributed by atoms with Crippen LogP contribution in [0.5, 0.6) is 0 Å². The lowest BCUT2D eigenvalue weighted by atomic mass is 9.92. The summed E-state index contributed by atoms with van der Waals surface area (Å²) < 4.78 is 15.0. The third kappa shape index (κ3) is 3.82. The first-order valence-electron chi connectivity index (χ1n) is 9.51. The Bertz CT molecular complexity index is 1020. The van der Waals surface area contributed by atoms with E-state index in [1.807, 2.05) is 6.07 Å². The molecule has 6 heteroatoms. The van der Waals surface area contributed by atoms with Gasteiger partial charge in [-0.2, -0.15) is 0 Å². The molecular weight excluding hydrogens is 361 g/mol. The van der Waals surface area contributed by atoms with Crippen molar-refractivity contribution in [3.8, 4) is 0 Å². The molecule has 0 aliphatic heterocycles. The molecule has 0 amide bonds. The minimum Gasteiger partial charge on any atom is -0.311 e. The Balaban J connectivity index is 1.60. The summed E-state index contributed by atoms with van der Waals surface area (Å²) in [6.45, 7) is 4.84. The highest BCUT2D eigenvalue weighted by molar-refractivity contribution is 7.18. The first kappa shape index (κ1) is 18.3. The van der Waals surface area contributed by atoms with Crippen LogP contribution in [0.4, 0.5) is 4.39 Å². The van der Waals surface area contributed by atoms with Crippen molar-refractivity contribution < 1.29 is 4.39 Å². The van der Waals surface area contributed by atoms with Crippen molar-refractivity contribution in [1.82, 2.24) is 14.9 Å². The molecule has 0 saturated carbocycles. The molecule has 0 bridgehead atoms. The third-order valence-electron chi connectivity index (χ3n) is 5.14. The van der Waals surface area contributed by atoms with Crippen LogP contribution in [0.25, 0.3) is 10.2 Å². The number of aryl methyl sites for hydroxylation is 3. The molecule has 4 nitrogen and oxygen atoms in total. The summed E-state index contributed by atoms with van der Waals surface area (Å²) in [6.07, 6.45) is 5.18. The predicted molar refractivity (Wildman–Crippen MR) is 108 cm³/mol. The average Bonchev–Trinajstić information content (AvgIpc) is 2.99.